The monoisotopic (exact) mass is 620 g/mol. The summed E-state index contributed by atoms with van der Waals surface area (Å²) in [5, 5.41) is 14.2. The Bertz CT molecular complexity index is 1320. The minimum absolute atomic E-state index is 0. The average Bonchev–Trinajstić information content (AvgIpc) is 3.38. The van der Waals surface area contributed by atoms with Crippen LogP contribution in [0.1, 0.15) is 54.4 Å². The first-order chi connectivity index (χ1) is 19.6. The number of carbonyl (C=O) groups excluding carboxylic acids is 1. The zero-order chi connectivity index (χ0) is 27.4. The quantitative estimate of drug-likeness (QED) is 0.490. The van der Waals surface area contributed by atoms with E-state index in [2.05, 4.69) is 15.3 Å². The van der Waals surface area contributed by atoms with Gasteiger partial charge >= 0.3 is 0 Å². The number of aliphatic imine (C=N–C) groups is 2. The SMILES string of the molecule is Cl.Cl.O=C(CNC1=NCCCC1)c1ccc2c(c1)OCCO2.OC1(c2ccc3c(c2)OCCO3)CN=C2CCCCN21. The summed E-state index contributed by atoms with van der Waals surface area (Å²) in [4.78, 5) is 23.1. The molecule has 0 saturated carbocycles. The number of hydrogen-bond donors (Lipinski definition) is 2. The molecule has 5 heterocycles. The van der Waals surface area contributed by atoms with Crippen molar-refractivity contribution < 1.29 is 28.8 Å². The fourth-order valence-corrected chi connectivity index (χ4v) is 5.55. The lowest BCUT2D eigenvalue weighted by Crippen LogP contribution is -2.48. The van der Waals surface area contributed by atoms with Crippen LogP contribution in [0.4, 0.5) is 0 Å². The molecule has 0 radical (unpaired) electrons. The Morgan fingerprint density at radius 3 is 2.21 bits per heavy atom. The van der Waals surface area contributed by atoms with Gasteiger partial charge in [0, 0.05) is 37.1 Å². The third-order valence-corrected chi connectivity index (χ3v) is 7.72. The number of piperidine rings is 1. The van der Waals surface area contributed by atoms with Gasteiger partial charge in [0.15, 0.2) is 34.5 Å². The first kappa shape index (κ1) is 31.7. The molecule has 0 aromatic heterocycles. The number of rotatable bonds is 4. The van der Waals surface area contributed by atoms with E-state index >= 15 is 0 Å². The van der Waals surface area contributed by atoms with Crippen LogP contribution in [-0.2, 0) is 5.72 Å². The van der Waals surface area contributed by atoms with Crippen molar-refractivity contribution >= 4 is 42.3 Å². The number of amidine groups is 2. The summed E-state index contributed by atoms with van der Waals surface area (Å²) < 4.78 is 22.1. The number of benzene rings is 2. The number of ether oxygens (including phenoxy) is 4. The number of hydrogen-bond acceptors (Lipinski definition) is 10. The van der Waals surface area contributed by atoms with Crippen LogP contribution in [0.2, 0.25) is 0 Å². The van der Waals surface area contributed by atoms with E-state index in [1.807, 2.05) is 23.1 Å². The number of Topliss-reactive ketones (excluding diaryl/α,β-unsaturated/α-hetero) is 1. The standard InChI is InChI=1S/2C15H18N2O3.2ClH/c18-15(10-16-14-3-1-2-6-17(14)15)11-4-5-12-13(9-11)20-8-7-19-12;18-12(10-17-15-3-1-2-6-16-15)11-4-5-13-14(9-11)20-8-7-19-13;;/h4-5,9,18H,1-3,6-8,10H2;4-5,9H,1-3,6-8,10H2,(H,16,17);2*1H. The second kappa shape index (κ2) is 14.3. The first-order valence-electron chi connectivity index (χ1n) is 14.2. The maximum Gasteiger partial charge on any atom is 0.185 e. The highest BCUT2D eigenvalue weighted by atomic mass is 35.5. The summed E-state index contributed by atoms with van der Waals surface area (Å²) in [5.41, 5.74) is 0.451. The average molecular weight is 622 g/mol. The molecule has 0 bridgehead atoms. The van der Waals surface area contributed by atoms with Crippen molar-refractivity contribution in [3.63, 3.8) is 0 Å². The molecule has 1 fully saturated rings. The summed E-state index contributed by atoms with van der Waals surface area (Å²) >= 11 is 0. The van der Waals surface area contributed by atoms with Crippen LogP contribution in [-0.4, -0.2) is 80.1 Å². The summed E-state index contributed by atoms with van der Waals surface area (Å²) in [5.74, 6) is 4.84. The van der Waals surface area contributed by atoms with Crippen molar-refractivity contribution in [2.24, 2.45) is 9.98 Å². The van der Waals surface area contributed by atoms with Gasteiger partial charge in [-0.25, -0.2) is 0 Å². The maximum atomic E-state index is 12.2. The van der Waals surface area contributed by atoms with E-state index in [0.717, 1.165) is 74.6 Å². The van der Waals surface area contributed by atoms with Crippen molar-refractivity contribution in [2.75, 3.05) is 52.6 Å². The van der Waals surface area contributed by atoms with E-state index in [9.17, 15) is 9.90 Å². The molecule has 2 aromatic carbocycles. The molecule has 42 heavy (non-hydrogen) atoms. The maximum absolute atomic E-state index is 12.2. The van der Waals surface area contributed by atoms with Crippen LogP contribution in [0, 0.1) is 0 Å². The second-order valence-electron chi connectivity index (χ2n) is 10.4. The van der Waals surface area contributed by atoms with E-state index < -0.39 is 5.72 Å². The van der Waals surface area contributed by atoms with E-state index in [1.54, 1.807) is 18.2 Å². The van der Waals surface area contributed by atoms with E-state index in [-0.39, 0.29) is 37.1 Å². The minimum atomic E-state index is -1.02. The fourth-order valence-electron chi connectivity index (χ4n) is 5.55. The Morgan fingerprint density at radius 1 is 0.833 bits per heavy atom. The second-order valence-corrected chi connectivity index (χ2v) is 10.4. The minimum Gasteiger partial charge on any atom is -0.486 e. The number of nitrogens with zero attached hydrogens (tertiary/aromatic N) is 3. The third-order valence-electron chi connectivity index (χ3n) is 7.72. The molecule has 5 aliphatic rings. The van der Waals surface area contributed by atoms with Gasteiger partial charge in [-0.1, -0.05) is 6.07 Å². The van der Waals surface area contributed by atoms with Gasteiger partial charge in [0.25, 0.3) is 0 Å². The number of nitrogens with one attached hydrogen (secondary N) is 1. The third kappa shape index (κ3) is 6.88. The fraction of sp³-hybridized carbons (Fsp3) is 0.500. The largest absolute Gasteiger partial charge is 0.486 e. The van der Waals surface area contributed by atoms with E-state index in [4.69, 9.17) is 18.9 Å². The first-order valence-corrected chi connectivity index (χ1v) is 14.2. The number of carbonyl (C=O) groups is 1. The molecular weight excluding hydrogens is 583 g/mol. The zero-order valence-corrected chi connectivity index (χ0v) is 25.1. The molecule has 1 saturated heterocycles. The van der Waals surface area contributed by atoms with Crippen molar-refractivity contribution in [1.82, 2.24) is 10.2 Å². The van der Waals surface area contributed by atoms with Gasteiger partial charge in [0.2, 0.25) is 0 Å². The van der Waals surface area contributed by atoms with Crippen molar-refractivity contribution in [3.05, 3.63) is 47.5 Å². The Kier molecular flexibility index (Phi) is 10.8. The predicted octanol–water partition coefficient (Wildman–Crippen LogP) is 4.16. The van der Waals surface area contributed by atoms with Crippen molar-refractivity contribution in [3.8, 4) is 23.0 Å². The Hall–Kier alpha value is -3.21. The van der Waals surface area contributed by atoms with Gasteiger partial charge in [-0.05, 0) is 56.0 Å². The van der Waals surface area contributed by atoms with Crippen LogP contribution in [0.3, 0.4) is 0 Å². The molecule has 1 unspecified atom stereocenters. The van der Waals surface area contributed by atoms with Gasteiger partial charge in [-0.15, -0.1) is 24.8 Å². The predicted molar refractivity (Wildman–Crippen MR) is 165 cm³/mol. The Balaban J connectivity index is 0.000000184. The summed E-state index contributed by atoms with van der Waals surface area (Å²) in [6, 6.07) is 11.0. The zero-order valence-electron chi connectivity index (χ0n) is 23.5. The number of fused-ring (bicyclic) bond motifs is 3. The molecular formula is C30H38Cl2N4O6. The Labute approximate surface area is 258 Å². The van der Waals surface area contributed by atoms with Gasteiger partial charge in [0.1, 0.15) is 32.3 Å². The summed E-state index contributed by atoms with van der Waals surface area (Å²) in [6.07, 6.45) is 6.45. The van der Waals surface area contributed by atoms with Crippen LogP contribution in [0.25, 0.3) is 0 Å². The van der Waals surface area contributed by atoms with Crippen LogP contribution >= 0.6 is 24.8 Å². The molecule has 5 aliphatic heterocycles. The van der Waals surface area contributed by atoms with Crippen molar-refractivity contribution in [1.29, 1.82) is 0 Å². The van der Waals surface area contributed by atoms with Crippen LogP contribution < -0.4 is 24.3 Å². The highest BCUT2D eigenvalue weighted by Crippen LogP contribution is 2.39. The topological polar surface area (TPSA) is 114 Å². The molecule has 2 aromatic rings. The van der Waals surface area contributed by atoms with E-state index in [0.29, 0.717) is 55.8 Å². The Morgan fingerprint density at radius 2 is 1.50 bits per heavy atom. The summed E-state index contributed by atoms with van der Waals surface area (Å²) in [7, 11) is 0. The van der Waals surface area contributed by atoms with Crippen molar-refractivity contribution in [2.45, 2.75) is 44.2 Å². The lowest BCUT2D eigenvalue weighted by Gasteiger charge is -2.38. The molecule has 0 amide bonds. The highest BCUT2D eigenvalue weighted by molar-refractivity contribution is 6.00. The molecule has 1 atom stereocenters. The smallest absolute Gasteiger partial charge is 0.185 e. The van der Waals surface area contributed by atoms with Gasteiger partial charge in [0.05, 0.1) is 18.9 Å². The molecule has 2 N–H and O–H groups in total. The number of aliphatic hydroxyl groups is 1. The van der Waals surface area contributed by atoms with Gasteiger partial charge in [-0.3, -0.25) is 14.8 Å². The molecule has 10 nitrogen and oxygen atoms in total. The molecule has 0 spiro atoms. The normalized spacial score (nSPS) is 21.6. The highest BCUT2D eigenvalue weighted by Gasteiger charge is 2.43. The van der Waals surface area contributed by atoms with Crippen LogP contribution in [0.15, 0.2) is 46.4 Å². The molecule has 12 heteroatoms. The molecule has 0 aliphatic carbocycles. The number of ketones is 1. The lowest BCUT2D eigenvalue weighted by molar-refractivity contribution is -0.0597. The lowest BCUT2D eigenvalue weighted by atomic mass is 9.98. The van der Waals surface area contributed by atoms with Crippen LogP contribution in [0.5, 0.6) is 23.0 Å². The number of halogens is 2. The molecule has 7 rings (SSSR count). The van der Waals surface area contributed by atoms with Gasteiger partial charge in [-0.2, -0.15) is 0 Å². The van der Waals surface area contributed by atoms with Gasteiger partial charge < -0.3 is 34.3 Å². The molecule has 228 valence electrons. The summed E-state index contributed by atoms with van der Waals surface area (Å²) in [6.45, 7) is 4.63. The van der Waals surface area contributed by atoms with E-state index in [1.165, 1.54) is 0 Å².